The van der Waals surface area contributed by atoms with Gasteiger partial charge in [0.15, 0.2) is 0 Å². The normalized spacial score (nSPS) is 10.8. The standard InChI is InChI=1S/C20H15FN4O/c21-15-3-1-2-13(8-15)17-9-14-11-23-19(10-18(14)25-17)24-16-6-4-12(5-7-16)20(22)26/h1-11,25H,(H2,22,26)(H,23,24). The van der Waals surface area contributed by atoms with Crippen LogP contribution in [0.15, 0.2) is 66.9 Å². The number of rotatable bonds is 4. The molecule has 2 heterocycles. The summed E-state index contributed by atoms with van der Waals surface area (Å²) in [7, 11) is 0. The Labute approximate surface area is 148 Å². The lowest BCUT2D eigenvalue weighted by atomic mass is 10.1. The summed E-state index contributed by atoms with van der Waals surface area (Å²) in [6.07, 6.45) is 1.74. The van der Waals surface area contributed by atoms with E-state index in [2.05, 4.69) is 15.3 Å². The molecule has 0 bridgehead atoms. The maximum Gasteiger partial charge on any atom is 0.248 e. The molecule has 0 spiro atoms. The number of carbonyl (C=O) groups is 1. The second kappa shape index (κ2) is 6.33. The number of amides is 1. The third kappa shape index (κ3) is 3.12. The van der Waals surface area contributed by atoms with E-state index in [0.717, 1.165) is 27.8 Å². The van der Waals surface area contributed by atoms with Crippen LogP contribution < -0.4 is 11.1 Å². The first-order chi connectivity index (χ1) is 12.6. The van der Waals surface area contributed by atoms with Crippen LogP contribution in [-0.4, -0.2) is 15.9 Å². The van der Waals surface area contributed by atoms with Crippen LogP contribution in [0.2, 0.25) is 0 Å². The monoisotopic (exact) mass is 346 g/mol. The van der Waals surface area contributed by atoms with Gasteiger partial charge in [-0.15, -0.1) is 0 Å². The summed E-state index contributed by atoms with van der Waals surface area (Å²) in [4.78, 5) is 18.8. The zero-order valence-electron chi connectivity index (χ0n) is 13.7. The van der Waals surface area contributed by atoms with Gasteiger partial charge in [0.1, 0.15) is 11.6 Å². The van der Waals surface area contributed by atoms with Gasteiger partial charge in [-0.3, -0.25) is 4.79 Å². The van der Waals surface area contributed by atoms with E-state index in [1.165, 1.54) is 12.1 Å². The lowest BCUT2D eigenvalue weighted by Gasteiger charge is -2.06. The number of nitrogens with zero attached hydrogens (tertiary/aromatic N) is 1. The molecule has 26 heavy (non-hydrogen) atoms. The van der Waals surface area contributed by atoms with Crippen molar-refractivity contribution in [2.45, 2.75) is 0 Å². The van der Waals surface area contributed by atoms with E-state index in [4.69, 9.17) is 5.73 Å². The number of hydrogen-bond donors (Lipinski definition) is 3. The number of benzene rings is 2. The smallest absolute Gasteiger partial charge is 0.248 e. The zero-order valence-corrected chi connectivity index (χ0v) is 13.7. The van der Waals surface area contributed by atoms with Crippen molar-refractivity contribution in [1.82, 2.24) is 9.97 Å². The Morgan fingerprint density at radius 2 is 1.88 bits per heavy atom. The van der Waals surface area contributed by atoms with Crippen molar-refractivity contribution in [3.05, 3.63) is 78.2 Å². The Morgan fingerprint density at radius 1 is 1.08 bits per heavy atom. The average molecular weight is 346 g/mol. The molecule has 0 fully saturated rings. The highest BCUT2D eigenvalue weighted by atomic mass is 19.1. The van der Waals surface area contributed by atoms with Crippen molar-refractivity contribution in [2.75, 3.05) is 5.32 Å². The molecule has 4 N–H and O–H groups in total. The highest BCUT2D eigenvalue weighted by Crippen LogP contribution is 2.26. The fraction of sp³-hybridized carbons (Fsp3) is 0. The van der Waals surface area contributed by atoms with Crippen molar-refractivity contribution < 1.29 is 9.18 Å². The van der Waals surface area contributed by atoms with Crippen LogP contribution in [0.3, 0.4) is 0 Å². The average Bonchev–Trinajstić information content (AvgIpc) is 3.05. The molecule has 0 aliphatic carbocycles. The lowest BCUT2D eigenvalue weighted by Crippen LogP contribution is -2.10. The fourth-order valence-electron chi connectivity index (χ4n) is 2.77. The summed E-state index contributed by atoms with van der Waals surface area (Å²) in [6, 6.07) is 17.1. The minimum atomic E-state index is -0.465. The predicted octanol–water partition coefficient (Wildman–Crippen LogP) is 4.21. The van der Waals surface area contributed by atoms with Gasteiger partial charge in [0, 0.05) is 40.2 Å². The number of fused-ring (bicyclic) bond motifs is 1. The number of nitrogens with one attached hydrogen (secondary N) is 2. The van der Waals surface area contributed by atoms with Crippen molar-refractivity contribution >= 4 is 28.3 Å². The minimum Gasteiger partial charge on any atom is -0.366 e. The SMILES string of the molecule is NC(=O)c1ccc(Nc2cc3[nH]c(-c4cccc(F)c4)cc3cn2)cc1. The van der Waals surface area contributed by atoms with Crippen LogP contribution in [0.1, 0.15) is 10.4 Å². The van der Waals surface area contributed by atoms with Gasteiger partial charge in [0.2, 0.25) is 5.91 Å². The quantitative estimate of drug-likeness (QED) is 0.517. The molecule has 0 unspecified atom stereocenters. The van der Waals surface area contributed by atoms with Gasteiger partial charge >= 0.3 is 0 Å². The molecule has 128 valence electrons. The molecule has 0 saturated carbocycles. The Balaban J connectivity index is 1.62. The van der Waals surface area contributed by atoms with E-state index >= 15 is 0 Å². The van der Waals surface area contributed by atoms with Gasteiger partial charge in [-0.2, -0.15) is 0 Å². The number of aromatic nitrogens is 2. The third-order valence-corrected chi connectivity index (χ3v) is 4.08. The number of pyridine rings is 1. The van der Waals surface area contributed by atoms with Gasteiger partial charge in [0.25, 0.3) is 0 Å². The molecular weight excluding hydrogens is 331 g/mol. The first-order valence-corrected chi connectivity index (χ1v) is 8.00. The van der Waals surface area contributed by atoms with Crippen LogP contribution in [0.5, 0.6) is 0 Å². The topological polar surface area (TPSA) is 83.8 Å². The first kappa shape index (κ1) is 15.8. The maximum atomic E-state index is 13.4. The number of aromatic amines is 1. The first-order valence-electron chi connectivity index (χ1n) is 8.00. The van der Waals surface area contributed by atoms with E-state index in [1.54, 1.807) is 36.5 Å². The summed E-state index contributed by atoms with van der Waals surface area (Å²) < 4.78 is 13.4. The molecule has 6 heteroatoms. The number of H-pyrrole nitrogens is 1. The molecule has 1 amide bonds. The summed E-state index contributed by atoms with van der Waals surface area (Å²) in [5.74, 6) is -0.0922. The van der Waals surface area contributed by atoms with E-state index in [1.807, 2.05) is 18.2 Å². The number of hydrogen-bond acceptors (Lipinski definition) is 3. The van der Waals surface area contributed by atoms with Crippen LogP contribution in [0.4, 0.5) is 15.9 Å². The molecular formula is C20H15FN4O. The van der Waals surface area contributed by atoms with E-state index in [0.29, 0.717) is 11.4 Å². The van der Waals surface area contributed by atoms with Gasteiger partial charge in [0.05, 0.1) is 5.52 Å². The van der Waals surface area contributed by atoms with Gasteiger partial charge in [-0.1, -0.05) is 12.1 Å². The number of nitrogens with two attached hydrogens (primary N) is 1. The maximum absolute atomic E-state index is 13.4. The number of halogens is 1. The molecule has 2 aromatic carbocycles. The minimum absolute atomic E-state index is 0.277. The van der Waals surface area contributed by atoms with Crippen LogP contribution in [0, 0.1) is 5.82 Å². The van der Waals surface area contributed by atoms with Crippen molar-refractivity contribution in [1.29, 1.82) is 0 Å². The van der Waals surface area contributed by atoms with E-state index in [-0.39, 0.29) is 5.82 Å². The molecule has 4 aromatic rings. The Hall–Kier alpha value is -3.67. The third-order valence-electron chi connectivity index (χ3n) is 4.08. The molecule has 0 radical (unpaired) electrons. The molecule has 0 aliphatic heterocycles. The largest absolute Gasteiger partial charge is 0.366 e. The summed E-state index contributed by atoms with van der Waals surface area (Å²) in [5, 5.41) is 4.11. The van der Waals surface area contributed by atoms with Gasteiger partial charge in [-0.05, 0) is 42.5 Å². The van der Waals surface area contributed by atoms with Crippen molar-refractivity contribution in [3.63, 3.8) is 0 Å². The van der Waals surface area contributed by atoms with E-state index < -0.39 is 5.91 Å². The second-order valence-electron chi connectivity index (χ2n) is 5.92. The van der Waals surface area contributed by atoms with Crippen LogP contribution in [-0.2, 0) is 0 Å². The van der Waals surface area contributed by atoms with Crippen molar-refractivity contribution in [3.8, 4) is 11.3 Å². The molecule has 0 saturated heterocycles. The number of anilines is 2. The second-order valence-corrected chi connectivity index (χ2v) is 5.92. The summed E-state index contributed by atoms with van der Waals surface area (Å²) in [5.41, 5.74) is 8.96. The van der Waals surface area contributed by atoms with E-state index in [9.17, 15) is 9.18 Å². The molecule has 0 atom stereocenters. The Bertz CT molecular complexity index is 1100. The summed E-state index contributed by atoms with van der Waals surface area (Å²) >= 11 is 0. The zero-order chi connectivity index (χ0) is 18.1. The number of primary amides is 1. The molecule has 2 aromatic heterocycles. The van der Waals surface area contributed by atoms with Crippen LogP contribution in [0.25, 0.3) is 22.2 Å². The molecule has 4 rings (SSSR count). The highest BCUT2D eigenvalue weighted by Gasteiger charge is 2.07. The van der Waals surface area contributed by atoms with Crippen molar-refractivity contribution in [2.24, 2.45) is 5.73 Å². The predicted molar refractivity (Wildman–Crippen MR) is 99.7 cm³/mol. The van der Waals surface area contributed by atoms with Gasteiger partial charge in [-0.25, -0.2) is 9.37 Å². The summed E-state index contributed by atoms with van der Waals surface area (Å²) in [6.45, 7) is 0. The Morgan fingerprint density at radius 3 is 2.62 bits per heavy atom. The van der Waals surface area contributed by atoms with Gasteiger partial charge < -0.3 is 16.0 Å². The van der Waals surface area contributed by atoms with Crippen LogP contribution >= 0.6 is 0 Å². The molecule has 0 aliphatic rings. The number of carbonyl (C=O) groups excluding carboxylic acids is 1. The fourth-order valence-corrected chi connectivity index (χ4v) is 2.77. The Kier molecular flexibility index (Phi) is 3.85. The molecule has 5 nitrogen and oxygen atoms in total. The lowest BCUT2D eigenvalue weighted by molar-refractivity contribution is 0.100. The highest BCUT2D eigenvalue weighted by molar-refractivity contribution is 5.93.